The quantitative estimate of drug-likeness (QED) is 0.621. The van der Waals surface area contributed by atoms with E-state index < -0.39 is 24.4 Å². The van der Waals surface area contributed by atoms with Crippen LogP contribution in [-0.2, 0) is 11.8 Å². The molecule has 1 aromatic heterocycles. The van der Waals surface area contributed by atoms with Gasteiger partial charge in [0.1, 0.15) is 24.4 Å². The van der Waals surface area contributed by atoms with Crippen LogP contribution in [0, 0.1) is 0 Å². The van der Waals surface area contributed by atoms with Crippen molar-refractivity contribution in [2.24, 2.45) is 12.0 Å². The van der Waals surface area contributed by atoms with Gasteiger partial charge in [-0.25, -0.2) is 0 Å². The molecule has 0 amide bonds. The molecule has 0 aromatic carbocycles. The summed E-state index contributed by atoms with van der Waals surface area (Å²) in [7, 11) is 3.51. The topological polar surface area (TPSA) is 87.2 Å². The fourth-order valence-electron chi connectivity index (χ4n) is 1.99. The van der Waals surface area contributed by atoms with E-state index in [-0.39, 0.29) is 6.61 Å². The minimum Gasteiger partial charge on any atom is -0.394 e. The van der Waals surface area contributed by atoms with Gasteiger partial charge in [0.25, 0.3) is 0 Å². The van der Waals surface area contributed by atoms with Gasteiger partial charge < -0.3 is 24.6 Å². The molecule has 0 bridgehead atoms. The number of rotatable bonds is 2. The highest BCUT2D eigenvalue weighted by atomic mass is 32.1. The average Bonchev–Trinajstić information content (AvgIpc) is 2.82. The van der Waals surface area contributed by atoms with E-state index in [0.717, 1.165) is 10.5 Å². The predicted molar refractivity (Wildman–Crippen MR) is 61.5 cm³/mol. The molecule has 4 atom stereocenters. The molecule has 1 aliphatic rings. The minimum atomic E-state index is -1.06. The molecular weight excluding hydrogens is 244 g/mol. The standard InChI is InChI=1S/C10H16N2O4S/c1-11-10-12(2)5(4-17-10)9-8(15)7(14)6(3-13)16-9/h4,6-9,13-15H,3H2,1-2H3/t6-,7-,8-,9+/m1/s1. The molecule has 1 fully saturated rings. The summed E-state index contributed by atoms with van der Waals surface area (Å²) in [6.45, 7) is -0.312. The molecule has 0 unspecified atom stereocenters. The van der Waals surface area contributed by atoms with Crippen LogP contribution < -0.4 is 4.80 Å². The summed E-state index contributed by atoms with van der Waals surface area (Å²) < 4.78 is 7.26. The lowest BCUT2D eigenvalue weighted by Crippen LogP contribution is -2.32. The van der Waals surface area contributed by atoms with E-state index in [1.165, 1.54) is 11.3 Å². The highest BCUT2D eigenvalue weighted by Crippen LogP contribution is 2.33. The fourth-order valence-corrected chi connectivity index (χ4v) is 2.87. The van der Waals surface area contributed by atoms with Crippen LogP contribution in [0.4, 0.5) is 0 Å². The lowest BCUT2D eigenvalue weighted by molar-refractivity contribution is -0.0247. The zero-order valence-electron chi connectivity index (χ0n) is 9.65. The van der Waals surface area contributed by atoms with Gasteiger partial charge in [-0.15, -0.1) is 11.3 Å². The second-order valence-corrected chi connectivity index (χ2v) is 4.82. The summed E-state index contributed by atoms with van der Waals surface area (Å²) in [5.74, 6) is 0. The smallest absolute Gasteiger partial charge is 0.184 e. The highest BCUT2D eigenvalue weighted by molar-refractivity contribution is 7.07. The first-order valence-corrected chi connectivity index (χ1v) is 6.17. The summed E-state index contributed by atoms with van der Waals surface area (Å²) in [6, 6.07) is 0. The van der Waals surface area contributed by atoms with Crippen molar-refractivity contribution in [3.8, 4) is 0 Å². The Morgan fingerprint density at radius 3 is 2.65 bits per heavy atom. The third kappa shape index (κ3) is 2.04. The number of thiazole rings is 1. The predicted octanol–water partition coefficient (Wildman–Crippen LogP) is -1.23. The molecule has 17 heavy (non-hydrogen) atoms. The van der Waals surface area contributed by atoms with E-state index in [2.05, 4.69) is 4.99 Å². The first kappa shape index (κ1) is 12.7. The van der Waals surface area contributed by atoms with Crippen molar-refractivity contribution in [1.29, 1.82) is 0 Å². The molecule has 0 aliphatic carbocycles. The Morgan fingerprint density at radius 1 is 1.47 bits per heavy atom. The number of aliphatic hydroxyl groups excluding tert-OH is 3. The maximum Gasteiger partial charge on any atom is 0.184 e. The maximum absolute atomic E-state index is 9.89. The molecule has 0 spiro atoms. The van der Waals surface area contributed by atoms with Crippen molar-refractivity contribution < 1.29 is 20.1 Å². The lowest BCUT2D eigenvalue weighted by Gasteiger charge is -2.14. The molecular formula is C10H16N2O4S. The second-order valence-electron chi connectivity index (χ2n) is 3.98. The molecule has 7 heteroatoms. The van der Waals surface area contributed by atoms with Crippen molar-refractivity contribution in [2.75, 3.05) is 13.7 Å². The van der Waals surface area contributed by atoms with Crippen LogP contribution in [-0.4, -0.2) is 51.9 Å². The molecule has 2 rings (SSSR count). The highest BCUT2D eigenvalue weighted by Gasteiger charge is 2.44. The Hall–Kier alpha value is -0.730. The van der Waals surface area contributed by atoms with Gasteiger partial charge in [-0.3, -0.25) is 4.99 Å². The summed E-state index contributed by atoms with van der Waals surface area (Å²) in [5.41, 5.74) is 0.748. The number of aromatic nitrogens is 1. The van der Waals surface area contributed by atoms with Crippen LogP contribution in [0.25, 0.3) is 0 Å². The van der Waals surface area contributed by atoms with E-state index in [1.807, 2.05) is 17.0 Å². The Morgan fingerprint density at radius 2 is 2.18 bits per heavy atom. The summed E-state index contributed by atoms with van der Waals surface area (Å²) in [5, 5.41) is 30.4. The van der Waals surface area contributed by atoms with Crippen LogP contribution in [0.1, 0.15) is 11.8 Å². The van der Waals surface area contributed by atoms with E-state index >= 15 is 0 Å². The molecule has 1 saturated heterocycles. The summed E-state index contributed by atoms with van der Waals surface area (Å²) >= 11 is 1.44. The van der Waals surface area contributed by atoms with Crippen molar-refractivity contribution >= 4 is 11.3 Å². The molecule has 1 aromatic rings. The first-order chi connectivity index (χ1) is 8.10. The normalized spacial score (nSPS) is 34.5. The fraction of sp³-hybridized carbons (Fsp3) is 0.700. The van der Waals surface area contributed by atoms with Crippen molar-refractivity contribution in [3.05, 3.63) is 15.9 Å². The molecule has 1 aliphatic heterocycles. The monoisotopic (exact) mass is 260 g/mol. The third-order valence-corrected chi connectivity index (χ3v) is 4.01. The van der Waals surface area contributed by atoms with Gasteiger partial charge in [0, 0.05) is 19.5 Å². The van der Waals surface area contributed by atoms with Crippen LogP contribution in [0.2, 0.25) is 0 Å². The minimum absolute atomic E-state index is 0.312. The Labute approximate surface area is 102 Å². The van der Waals surface area contributed by atoms with Gasteiger partial charge in [-0.2, -0.15) is 0 Å². The van der Waals surface area contributed by atoms with Gasteiger partial charge >= 0.3 is 0 Å². The zero-order chi connectivity index (χ0) is 12.6. The van der Waals surface area contributed by atoms with Gasteiger partial charge in [0.15, 0.2) is 4.80 Å². The Balaban J connectivity index is 2.32. The number of ether oxygens (including phenoxy) is 1. The van der Waals surface area contributed by atoms with E-state index in [4.69, 9.17) is 9.84 Å². The third-order valence-electron chi connectivity index (χ3n) is 2.98. The summed E-state index contributed by atoms with van der Waals surface area (Å²) in [6.07, 6.45) is -3.46. The zero-order valence-corrected chi connectivity index (χ0v) is 10.5. The second kappa shape index (κ2) is 4.87. The van der Waals surface area contributed by atoms with Crippen LogP contribution >= 0.6 is 11.3 Å². The van der Waals surface area contributed by atoms with Gasteiger partial charge in [0.2, 0.25) is 0 Å². The molecule has 0 radical (unpaired) electrons. The van der Waals surface area contributed by atoms with Crippen molar-refractivity contribution in [2.45, 2.75) is 24.4 Å². The number of aliphatic hydroxyl groups is 3. The molecule has 96 valence electrons. The van der Waals surface area contributed by atoms with Crippen molar-refractivity contribution in [1.82, 2.24) is 4.57 Å². The van der Waals surface area contributed by atoms with Gasteiger partial charge in [0.05, 0.1) is 12.3 Å². The van der Waals surface area contributed by atoms with Crippen LogP contribution in [0.15, 0.2) is 10.4 Å². The number of nitrogens with zero attached hydrogens (tertiary/aromatic N) is 2. The molecule has 2 heterocycles. The van der Waals surface area contributed by atoms with Crippen molar-refractivity contribution in [3.63, 3.8) is 0 Å². The first-order valence-electron chi connectivity index (χ1n) is 5.29. The van der Waals surface area contributed by atoms with E-state index in [9.17, 15) is 10.2 Å². The van der Waals surface area contributed by atoms with Gasteiger partial charge in [-0.05, 0) is 0 Å². The molecule has 6 nitrogen and oxygen atoms in total. The Kier molecular flexibility index (Phi) is 3.64. The lowest BCUT2D eigenvalue weighted by atomic mass is 10.1. The molecule has 3 N–H and O–H groups in total. The van der Waals surface area contributed by atoms with Crippen LogP contribution in [0.3, 0.4) is 0 Å². The number of hydrogen-bond donors (Lipinski definition) is 3. The van der Waals surface area contributed by atoms with Gasteiger partial charge in [-0.1, -0.05) is 0 Å². The van der Waals surface area contributed by atoms with E-state index in [0.29, 0.717) is 0 Å². The number of hydrogen-bond acceptors (Lipinski definition) is 6. The summed E-state index contributed by atoms with van der Waals surface area (Å²) in [4.78, 5) is 4.88. The average molecular weight is 260 g/mol. The Bertz CT molecular complexity index is 455. The SMILES string of the molecule is CN=c1scc([C@@H]2O[C@H](CO)[C@@H](O)[C@H]2O)n1C. The largest absolute Gasteiger partial charge is 0.394 e. The van der Waals surface area contributed by atoms with Crippen LogP contribution in [0.5, 0.6) is 0 Å². The van der Waals surface area contributed by atoms with E-state index in [1.54, 1.807) is 7.05 Å². The molecule has 0 saturated carbocycles. The maximum atomic E-state index is 9.89.